The molecule has 1 saturated heterocycles. The van der Waals surface area contributed by atoms with Gasteiger partial charge in [-0.3, -0.25) is 9.59 Å². The molecule has 188 valence electrons. The van der Waals surface area contributed by atoms with Crippen molar-refractivity contribution in [3.8, 4) is 0 Å². The van der Waals surface area contributed by atoms with Gasteiger partial charge in [0, 0.05) is 35.0 Å². The number of carbonyl (C=O) groups is 3. The Morgan fingerprint density at radius 1 is 1.00 bits per heavy atom. The first-order chi connectivity index (χ1) is 17.4. The molecule has 2 aromatic carbocycles. The second-order valence-electron chi connectivity index (χ2n) is 10.0. The summed E-state index contributed by atoms with van der Waals surface area (Å²) < 4.78 is 0. The van der Waals surface area contributed by atoms with Crippen molar-refractivity contribution in [1.82, 2.24) is 9.88 Å². The quantitative estimate of drug-likeness (QED) is 0.418. The molecule has 0 bridgehead atoms. The van der Waals surface area contributed by atoms with Crippen LogP contribution in [0.5, 0.6) is 0 Å². The number of hydrogen-bond acceptors (Lipinski definition) is 4. The summed E-state index contributed by atoms with van der Waals surface area (Å²) in [7, 11) is 0. The molecule has 0 radical (unpaired) electrons. The maximum absolute atomic E-state index is 13.7. The van der Waals surface area contributed by atoms with E-state index in [1.54, 1.807) is 29.2 Å². The fraction of sp³-hybridized carbons (Fsp3) is 0.393. The first-order valence-corrected chi connectivity index (χ1v) is 12.7. The summed E-state index contributed by atoms with van der Waals surface area (Å²) in [4.78, 5) is 43.3. The first-order valence-electron chi connectivity index (χ1n) is 12.7. The Morgan fingerprint density at radius 3 is 2.44 bits per heavy atom. The predicted octanol–water partition coefficient (Wildman–Crippen LogP) is 3.95. The maximum atomic E-state index is 13.7. The van der Waals surface area contributed by atoms with Gasteiger partial charge in [0.25, 0.3) is 0 Å². The maximum Gasteiger partial charge on any atom is 0.352 e. The third-order valence-electron chi connectivity index (χ3n) is 7.83. The van der Waals surface area contributed by atoms with Crippen LogP contribution in [0.4, 0.5) is 5.69 Å². The highest BCUT2D eigenvalue weighted by molar-refractivity contribution is 6.01. The molecule has 5 rings (SSSR count). The lowest BCUT2D eigenvalue weighted by molar-refractivity contribution is -0.141. The first kappa shape index (κ1) is 24.1. The molecule has 2 amide bonds. The Kier molecular flexibility index (Phi) is 6.78. The van der Waals surface area contributed by atoms with Gasteiger partial charge in [-0.1, -0.05) is 30.3 Å². The summed E-state index contributed by atoms with van der Waals surface area (Å²) in [5.74, 6) is -0.875. The fourth-order valence-corrected chi connectivity index (χ4v) is 5.83. The van der Waals surface area contributed by atoms with Crippen LogP contribution in [0.2, 0.25) is 0 Å². The minimum atomic E-state index is -1.04. The van der Waals surface area contributed by atoms with Crippen LogP contribution in [0.1, 0.15) is 54.1 Å². The van der Waals surface area contributed by atoms with E-state index < -0.39 is 12.0 Å². The van der Waals surface area contributed by atoms with Gasteiger partial charge in [-0.2, -0.15) is 0 Å². The van der Waals surface area contributed by atoms with Gasteiger partial charge >= 0.3 is 5.97 Å². The van der Waals surface area contributed by atoms with E-state index in [9.17, 15) is 19.5 Å². The Labute approximate surface area is 209 Å². The lowest BCUT2D eigenvalue weighted by Gasteiger charge is -2.33. The molecule has 1 aromatic heterocycles. The number of H-pyrrole nitrogens is 1. The van der Waals surface area contributed by atoms with Gasteiger partial charge in [0.05, 0.1) is 0 Å². The molecule has 8 nitrogen and oxygen atoms in total. The van der Waals surface area contributed by atoms with E-state index in [4.69, 9.17) is 5.73 Å². The Morgan fingerprint density at radius 2 is 1.75 bits per heavy atom. The molecule has 1 aliphatic carbocycles. The molecular weight excluding hydrogens is 456 g/mol. The van der Waals surface area contributed by atoms with Gasteiger partial charge in [-0.15, -0.1) is 0 Å². The lowest BCUT2D eigenvalue weighted by atomic mass is 9.81. The van der Waals surface area contributed by atoms with Crippen LogP contribution in [-0.2, 0) is 9.59 Å². The number of likely N-dealkylation sites (tertiary alicyclic amines) is 1. The number of fused-ring (bicyclic) bond motifs is 1. The van der Waals surface area contributed by atoms with Crippen LogP contribution in [0, 0.1) is 11.8 Å². The summed E-state index contributed by atoms with van der Waals surface area (Å²) in [6.07, 6.45) is 4.27. The standard InChI is InChI=1S/C28H32N4O4/c29-16-17-6-8-19(9-7-17)27(34)32-13-12-22(18-4-2-1-3-5-18)25(32)26(33)30-21-10-11-23-20(14-21)15-24(31-23)28(35)36/h1-5,10-11,14-15,17,19,22,25,31H,6-9,12-13,16,29H2,(H,30,33)(H,35,36)/t17-,19-,22-,25?/m0/s1. The van der Waals surface area contributed by atoms with Crippen LogP contribution in [0.15, 0.2) is 54.6 Å². The zero-order chi connectivity index (χ0) is 25.2. The normalized spacial score (nSPS) is 24.1. The van der Waals surface area contributed by atoms with Crippen molar-refractivity contribution in [3.63, 3.8) is 0 Å². The van der Waals surface area contributed by atoms with E-state index in [-0.39, 0.29) is 29.3 Å². The highest BCUT2D eigenvalue weighted by atomic mass is 16.4. The van der Waals surface area contributed by atoms with Gasteiger partial charge < -0.3 is 26.0 Å². The molecule has 36 heavy (non-hydrogen) atoms. The van der Waals surface area contributed by atoms with E-state index in [1.165, 1.54) is 0 Å². The average Bonchev–Trinajstić information content (AvgIpc) is 3.54. The number of aromatic nitrogens is 1. The zero-order valence-electron chi connectivity index (χ0n) is 20.2. The number of aromatic carboxylic acids is 1. The average molecular weight is 489 g/mol. The number of carbonyl (C=O) groups excluding carboxylic acids is 2. The van der Waals surface area contributed by atoms with Gasteiger partial charge in [-0.05, 0) is 74.4 Å². The van der Waals surface area contributed by atoms with Crippen molar-refractivity contribution in [2.75, 3.05) is 18.4 Å². The minimum absolute atomic E-state index is 0.0660. The van der Waals surface area contributed by atoms with Gasteiger partial charge in [0.2, 0.25) is 11.8 Å². The number of nitrogens with zero attached hydrogens (tertiary/aromatic N) is 1. The summed E-state index contributed by atoms with van der Waals surface area (Å²) in [5, 5.41) is 13.0. The number of aromatic amines is 1. The largest absolute Gasteiger partial charge is 0.477 e. The van der Waals surface area contributed by atoms with Gasteiger partial charge in [0.1, 0.15) is 11.7 Å². The van der Waals surface area contributed by atoms with Crippen molar-refractivity contribution in [3.05, 3.63) is 65.9 Å². The molecule has 1 saturated carbocycles. The lowest BCUT2D eigenvalue weighted by Crippen LogP contribution is -2.48. The summed E-state index contributed by atoms with van der Waals surface area (Å²) in [6, 6.07) is 16.1. The van der Waals surface area contributed by atoms with Crippen molar-refractivity contribution >= 4 is 34.4 Å². The highest BCUT2D eigenvalue weighted by Crippen LogP contribution is 2.38. The molecule has 2 aliphatic rings. The Balaban J connectivity index is 1.39. The molecule has 2 atom stereocenters. The summed E-state index contributed by atoms with van der Waals surface area (Å²) in [6.45, 7) is 1.21. The SMILES string of the molecule is NC[C@H]1CC[C@H](C(=O)N2CC[C@@H](c3ccccc3)C2C(=O)Nc2ccc3[nH]c(C(=O)O)cc3c2)CC1. The zero-order valence-corrected chi connectivity index (χ0v) is 20.2. The molecule has 0 spiro atoms. The van der Waals surface area contributed by atoms with Crippen molar-refractivity contribution in [1.29, 1.82) is 0 Å². The molecule has 8 heteroatoms. The van der Waals surface area contributed by atoms with Crippen molar-refractivity contribution < 1.29 is 19.5 Å². The highest BCUT2D eigenvalue weighted by Gasteiger charge is 2.44. The summed E-state index contributed by atoms with van der Waals surface area (Å²) in [5.41, 5.74) is 8.22. The van der Waals surface area contributed by atoms with E-state index in [1.807, 2.05) is 30.3 Å². The van der Waals surface area contributed by atoms with Gasteiger partial charge in [-0.25, -0.2) is 4.79 Å². The van der Waals surface area contributed by atoms with Crippen LogP contribution < -0.4 is 11.1 Å². The van der Waals surface area contributed by atoms with E-state index in [0.29, 0.717) is 35.6 Å². The smallest absolute Gasteiger partial charge is 0.352 e. The number of nitrogens with two attached hydrogens (primary N) is 1. The Hall–Kier alpha value is -3.65. The van der Waals surface area contributed by atoms with E-state index >= 15 is 0 Å². The molecule has 2 fully saturated rings. The second-order valence-corrected chi connectivity index (χ2v) is 10.0. The fourth-order valence-electron chi connectivity index (χ4n) is 5.83. The monoisotopic (exact) mass is 488 g/mol. The van der Waals surface area contributed by atoms with Crippen molar-refractivity contribution in [2.24, 2.45) is 17.6 Å². The molecule has 1 aliphatic heterocycles. The number of carboxylic acid groups (broad SMARTS) is 1. The second kappa shape index (κ2) is 10.1. The molecule has 5 N–H and O–H groups in total. The van der Waals surface area contributed by atoms with Crippen molar-refractivity contribution in [2.45, 2.75) is 44.1 Å². The number of benzene rings is 2. The number of carboxylic acids is 1. The third-order valence-corrected chi connectivity index (χ3v) is 7.83. The number of nitrogens with one attached hydrogen (secondary N) is 2. The van der Waals surface area contributed by atoms with Crippen LogP contribution >= 0.6 is 0 Å². The van der Waals surface area contributed by atoms with Crippen LogP contribution in [0.3, 0.4) is 0 Å². The molecule has 1 unspecified atom stereocenters. The van der Waals surface area contributed by atoms with Crippen LogP contribution in [0.25, 0.3) is 10.9 Å². The summed E-state index contributed by atoms with van der Waals surface area (Å²) >= 11 is 0. The third kappa shape index (κ3) is 4.73. The number of anilines is 1. The number of amides is 2. The number of rotatable bonds is 6. The van der Waals surface area contributed by atoms with Crippen LogP contribution in [-0.4, -0.2) is 51.9 Å². The topological polar surface area (TPSA) is 129 Å². The number of hydrogen-bond donors (Lipinski definition) is 4. The van der Waals surface area contributed by atoms with E-state index in [0.717, 1.165) is 37.7 Å². The predicted molar refractivity (Wildman–Crippen MR) is 138 cm³/mol. The molecule has 2 heterocycles. The van der Waals surface area contributed by atoms with Gasteiger partial charge in [0.15, 0.2) is 0 Å². The minimum Gasteiger partial charge on any atom is -0.477 e. The molecule has 3 aromatic rings. The Bertz CT molecular complexity index is 1260. The molecular formula is C28H32N4O4. The van der Waals surface area contributed by atoms with E-state index in [2.05, 4.69) is 10.3 Å².